The maximum atomic E-state index is 5.53. The lowest BCUT2D eigenvalue weighted by atomic mass is 9.94. The summed E-state index contributed by atoms with van der Waals surface area (Å²) in [5.74, 6) is 2.11. The predicted molar refractivity (Wildman–Crippen MR) is 108 cm³/mol. The average Bonchev–Trinajstić information content (AvgIpc) is 3.09. The first-order valence-corrected chi connectivity index (χ1v) is 9.64. The van der Waals surface area contributed by atoms with Crippen LogP contribution < -0.4 is 4.74 Å². The maximum Gasteiger partial charge on any atom is 0.131 e. The van der Waals surface area contributed by atoms with E-state index in [1.54, 1.807) is 7.11 Å². The van der Waals surface area contributed by atoms with Crippen molar-refractivity contribution in [3.05, 3.63) is 63.1 Å². The summed E-state index contributed by atoms with van der Waals surface area (Å²) in [5.41, 5.74) is 5.24. The van der Waals surface area contributed by atoms with E-state index in [4.69, 9.17) is 9.73 Å². The summed E-state index contributed by atoms with van der Waals surface area (Å²) in [6.45, 7) is 7.33. The van der Waals surface area contributed by atoms with E-state index in [1.807, 2.05) is 12.1 Å². The second kappa shape index (κ2) is 8.05. The highest BCUT2D eigenvalue weighted by molar-refractivity contribution is 9.10. The molecule has 0 aromatic heterocycles. The quantitative estimate of drug-likeness (QED) is 0.705. The molecule has 0 unspecified atom stereocenters. The van der Waals surface area contributed by atoms with E-state index in [0.29, 0.717) is 0 Å². The zero-order valence-corrected chi connectivity index (χ0v) is 16.8. The Kier molecular flexibility index (Phi) is 5.79. The Morgan fingerprint density at radius 3 is 2.80 bits per heavy atom. The number of benzene rings is 2. The van der Waals surface area contributed by atoms with Gasteiger partial charge in [-0.15, -0.1) is 0 Å². The Balaban J connectivity index is 1.90. The zero-order chi connectivity index (χ0) is 17.8. The van der Waals surface area contributed by atoms with Gasteiger partial charge in [0.25, 0.3) is 0 Å². The second-order valence-electron chi connectivity index (χ2n) is 6.34. The largest absolute Gasteiger partial charge is 0.496 e. The van der Waals surface area contributed by atoms with Gasteiger partial charge in [-0.3, -0.25) is 4.99 Å². The Bertz CT molecular complexity index is 785. The summed E-state index contributed by atoms with van der Waals surface area (Å²) in [7, 11) is 1.73. The van der Waals surface area contributed by atoms with Gasteiger partial charge in [-0.05, 0) is 61.6 Å². The van der Waals surface area contributed by atoms with Gasteiger partial charge in [-0.25, -0.2) is 0 Å². The molecule has 0 amide bonds. The van der Waals surface area contributed by atoms with E-state index in [2.05, 4.69) is 58.9 Å². The van der Waals surface area contributed by atoms with E-state index < -0.39 is 0 Å². The number of ether oxygens (including phenoxy) is 1. The lowest BCUT2D eigenvalue weighted by molar-refractivity contribution is 0.409. The molecule has 1 aliphatic rings. The predicted octanol–water partition coefficient (Wildman–Crippen LogP) is 4.63. The van der Waals surface area contributed by atoms with E-state index in [1.165, 1.54) is 22.3 Å². The number of hydrogen-bond donors (Lipinski definition) is 0. The standard InChI is InChI=1S/C21H25BrN2O/c1-4-24-13-12-23-21(24)19-7-5-6-15(2)18(19)10-8-16-14-17(22)9-11-20(16)25-3/h5-7,9,11,14H,4,8,10,12-13H2,1-3H3. The monoisotopic (exact) mass is 400 g/mol. The number of halogens is 1. The van der Waals surface area contributed by atoms with Gasteiger partial charge in [0.1, 0.15) is 11.6 Å². The van der Waals surface area contributed by atoms with Gasteiger partial charge in [0.15, 0.2) is 0 Å². The molecular weight excluding hydrogens is 376 g/mol. The lowest BCUT2D eigenvalue weighted by Gasteiger charge is -2.21. The van der Waals surface area contributed by atoms with Crippen molar-refractivity contribution in [1.82, 2.24) is 4.90 Å². The molecule has 0 radical (unpaired) electrons. The van der Waals surface area contributed by atoms with Crippen molar-refractivity contribution in [3.63, 3.8) is 0 Å². The van der Waals surface area contributed by atoms with Crippen LogP contribution in [0.4, 0.5) is 0 Å². The van der Waals surface area contributed by atoms with Crippen molar-refractivity contribution >= 4 is 21.8 Å². The van der Waals surface area contributed by atoms with Gasteiger partial charge in [0.05, 0.1) is 13.7 Å². The van der Waals surface area contributed by atoms with Crippen molar-refractivity contribution in [1.29, 1.82) is 0 Å². The van der Waals surface area contributed by atoms with Crippen molar-refractivity contribution < 1.29 is 4.74 Å². The molecule has 2 aromatic rings. The molecule has 4 heteroatoms. The normalized spacial score (nSPS) is 13.9. The first-order valence-electron chi connectivity index (χ1n) is 8.84. The number of aliphatic imine (C=N–C) groups is 1. The van der Waals surface area contributed by atoms with Gasteiger partial charge in [0.2, 0.25) is 0 Å². The smallest absolute Gasteiger partial charge is 0.131 e. The highest BCUT2D eigenvalue weighted by Gasteiger charge is 2.20. The molecule has 0 fully saturated rings. The van der Waals surface area contributed by atoms with E-state index in [-0.39, 0.29) is 0 Å². The molecule has 0 aliphatic carbocycles. The molecule has 25 heavy (non-hydrogen) atoms. The summed E-state index contributed by atoms with van der Waals surface area (Å²) in [5, 5.41) is 0. The number of nitrogens with zero attached hydrogens (tertiary/aromatic N) is 2. The minimum Gasteiger partial charge on any atom is -0.496 e. The third kappa shape index (κ3) is 3.90. The fraction of sp³-hybridized carbons (Fsp3) is 0.381. The van der Waals surface area contributed by atoms with Crippen LogP contribution in [0.5, 0.6) is 5.75 Å². The van der Waals surface area contributed by atoms with E-state index in [0.717, 1.165) is 48.5 Å². The summed E-state index contributed by atoms with van der Waals surface area (Å²) in [6, 6.07) is 12.8. The molecule has 0 atom stereocenters. The molecular formula is C21H25BrN2O. The zero-order valence-electron chi connectivity index (χ0n) is 15.2. The number of methoxy groups -OCH3 is 1. The number of amidine groups is 1. The van der Waals surface area contributed by atoms with Crippen LogP contribution in [0.25, 0.3) is 0 Å². The van der Waals surface area contributed by atoms with Crippen LogP contribution >= 0.6 is 15.9 Å². The van der Waals surface area contributed by atoms with Gasteiger partial charge < -0.3 is 9.64 Å². The fourth-order valence-electron chi connectivity index (χ4n) is 3.49. The maximum absolute atomic E-state index is 5.53. The minimum absolute atomic E-state index is 0.899. The van der Waals surface area contributed by atoms with Crippen molar-refractivity contribution in [2.45, 2.75) is 26.7 Å². The topological polar surface area (TPSA) is 24.8 Å². The van der Waals surface area contributed by atoms with Crippen LogP contribution in [0.15, 0.2) is 45.9 Å². The van der Waals surface area contributed by atoms with E-state index >= 15 is 0 Å². The van der Waals surface area contributed by atoms with Crippen LogP contribution in [0.2, 0.25) is 0 Å². The SMILES string of the molecule is CCN1CCN=C1c1cccc(C)c1CCc1cc(Br)ccc1OC. The Labute approximate surface area is 158 Å². The second-order valence-corrected chi connectivity index (χ2v) is 7.26. The molecule has 0 spiro atoms. The number of hydrogen-bond acceptors (Lipinski definition) is 3. The van der Waals surface area contributed by atoms with Crippen LogP contribution in [-0.2, 0) is 12.8 Å². The molecule has 0 saturated heterocycles. The van der Waals surface area contributed by atoms with Crippen molar-refractivity contribution in [3.8, 4) is 5.75 Å². The van der Waals surface area contributed by atoms with Crippen molar-refractivity contribution in [2.24, 2.45) is 4.99 Å². The fourth-order valence-corrected chi connectivity index (χ4v) is 3.90. The summed E-state index contributed by atoms with van der Waals surface area (Å²) in [6.07, 6.45) is 1.92. The third-order valence-corrected chi connectivity index (χ3v) is 5.34. The summed E-state index contributed by atoms with van der Waals surface area (Å²) < 4.78 is 6.62. The highest BCUT2D eigenvalue weighted by atomic mass is 79.9. The summed E-state index contributed by atoms with van der Waals surface area (Å²) in [4.78, 5) is 7.15. The molecule has 132 valence electrons. The van der Waals surface area contributed by atoms with Crippen LogP contribution in [0.1, 0.15) is 29.2 Å². The molecule has 1 heterocycles. The van der Waals surface area contributed by atoms with Gasteiger partial charge in [-0.2, -0.15) is 0 Å². The Hall–Kier alpha value is -1.81. The summed E-state index contributed by atoms with van der Waals surface area (Å²) >= 11 is 3.57. The first kappa shape index (κ1) is 18.0. The molecule has 0 N–H and O–H groups in total. The molecule has 2 aromatic carbocycles. The van der Waals surface area contributed by atoms with Gasteiger partial charge >= 0.3 is 0 Å². The average molecular weight is 401 g/mol. The number of rotatable bonds is 6. The molecule has 3 nitrogen and oxygen atoms in total. The van der Waals surface area contributed by atoms with Gasteiger partial charge in [0, 0.05) is 23.1 Å². The highest BCUT2D eigenvalue weighted by Crippen LogP contribution is 2.26. The molecule has 0 bridgehead atoms. The van der Waals surface area contributed by atoms with E-state index in [9.17, 15) is 0 Å². The van der Waals surface area contributed by atoms with Crippen LogP contribution in [0, 0.1) is 6.92 Å². The van der Waals surface area contributed by atoms with Crippen LogP contribution in [-0.4, -0.2) is 37.5 Å². The number of aryl methyl sites for hydroxylation is 2. The third-order valence-electron chi connectivity index (χ3n) is 4.85. The van der Waals surface area contributed by atoms with Crippen molar-refractivity contribution in [2.75, 3.05) is 26.7 Å². The van der Waals surface area contributed by atoms with Gasteiger partial charge in [-0.1, -0.05) is 34.1 Å². The molecule has 1 aliphatic heterocycles. The molecule has 3 rings (SSSR count). The first-order chi connectivity index (χ1) is 12.1. The number of likely N-dealkylation sites (N-methyl/N-ethyl adjacent to an activating group) is 1. The Morgan fingerprint density at radius 2 is 2.04 bits per heavy atom. The minimum atomic E-state index is 0.899. The van der Waals surface area contributed by atoms with Crippen LogP contribution in [0.3, 0.4) is 0 Å². The Morgan fingerprint density at radius 1 is 1.20 bits per heavy atom. The molecule has 0 saturated carbocycles. The lowest BCUT2D eigenvalue weighted by Crippen LogP contribution is -2.29.